The highest BCUT2D eigenvalue weighted by molar-refractivity contribution is 7.93. The highest BCUT2D eigenvalue weighted by Crippen LogP contribution is 2.33. The van der Waals surface area contributed by atoms with Gasteiger partial charge in [-0.05, 0) is 42.8 Å². The van der Waals surface area contributed by atoms with Crippen LogP contribution in [-0.2, 0) is 19.9 Å². The third kappa shape index (κ3) is 3.49. The average molecular weight is 393 g/mol. The second-order valence-corrected chi connectivity index (χ2v) is 9.09. The minimum absolute atomic E-state index is 0.0263. The molecule has 10 heteroatoms. The zero-order valence-electron chi connectivity index (χ0n) is 13.1. The molecular formula is C15H14F3NO4S2. The Hall–Kier alpha value is -2.07. The summed E-state index contributed by atoms with van der Waals surface area (Å²) in [4.78, 5) is -0.115. The lowest BCUT2D eigenvalue weighted by atomic mass is 10.2. The van der Waals surface area contributed by atoms with Gasteiger partial charge in [-0.1, -0.05) is 18.2 Å². The maximum atomic E-state index is 12.7. The lowest BCUT2D eigenvalue weighted by Gasteiger charge is -2.22. The molecular weight excluding hydrogens is 379 g/mol. The monoisotopic (exact) mass is 393 g/mol. The van der Waals surface area contributed by atoms with E-state index in [1.165, 1.54) is 31.2 Å². The highest BCUT2D eigenvalue weighted by Gasteiger charge is 2.49. The smallest absolute Gasteiger partial charge is 0.266 e. The van der Waals surface area contributed by atoms with E-state index in [2.05, 4.69) is 0 Å². The van der Waals surface area contributed by atoms with Crippen molar-refractivity contribution in [2.75, 3.05) is 11.4 Å². The van der Waals surface area contributed by atoms with Gasteiger partial charge in [-0.2, -0.15) is 21.6 Å². The van der Waals surface area contributed by atoms with Crippen LogP contribution in [0, 0.1) is 6.92 Å². The fraction of sp³-hybridized carbons (Fsp3) is 0.200. The predicted octanol–water partition coefficient (Wildman–Crippen LogP) is 3.11. The standard InChI is InChI=1S/C15H14F3NO4S2/c1-11-10-13(24(20,21)12-6-4-3-5-7-12)8-9-14(11)19(2)25(22,23)15(16,17)18/h3-10H,1-2H3. The summed E-state index contributed by atoms with van der Waals surface area (Å²) in [6.45, 7) is 1.34. The minimum atomic E-state index is -5.57. The fourth-order valence-electron chi connectivity index (χ4n) is 2.17. The van der Waals surface area contributed by atoms with Gasteiger partial charge in [0, 0.05) is 7.05 Å². The highest BCUT2D eigenvalue weighted by atomic mass is 32.2. The summed E-state index contributed by atoms with van der Waals surface area (Å²) in [5.74, 6) is 0. The van der Waals surface area contributed by atoms with Gasteiger partial charge in [0.25, 0.3) is 0 Å². The first-order chi connectivity index (χ1) is 11.4. The van der Waals surface area contributed by atoms with Crippen LogP contribution < -0.4 is 4.31 Å². The third-order valence-electron chi connectivity index (χ3n) is 3.52. The molecule has 0 heterocycles. The summed E-state index contributed by atoms with van der Waals surface area (Å²) < 4.78 is 86.1. The Kier molecular flexibility index (Phi) is 4.88. The van der Waals surface area contributed by atoms with E-state index in [4.69, 9.17) is 0 Å². The van der Waals surface area contributed by atoms with Crippen LogP contribution in [0.2, 0.25) is 0 Å². The molecule has 2 aromatic carbocycles. The van der Waals surface area contributed by atoms with E-state index in [9.17, 15) is 30.0 Å². The Labute approximate surface area is 143 Å². The van der Waals surface area contributed by atoms with Gasteiger partial charge < -0.3 is 0 Å². The van der Waals surface area contributed by atoms with Crippen molar-refractivity contribution in [3.05, 3.63) is 54.1 Å². The molecule has 0 fully saturated rings. The molecule has 0 atom stereocenters. The number of nitrogens with zero attached hydrogens (tertiary/aromatic N) is 1. The van der Waals surface area contributed by atoms with E-state index in [1.807, 2.05) is 0 Å². The van der Waals surface area contributed by atoms with E-state index in [0.717, 1.165) is 25.2 Å². The molecule has 0 N–H and O–H groups in total. The van der Waals surface area contributed by atoms with Crippen molar-refractivity contribution >= 4 is 25.5 Å². The Balaban J connectivity index is 2.50. The van der Waals surface area contributed by atoms with E-state index >= 15 is 0 Å². The molecule has 0 bridgehead atoms. The van der Waals surface area contributed by atoms with Crippen LogP contribution in [0.4, 0.5) is 18.9 Å². The summed E-state index contributed by atoms with van der Waals surface area (Å²) >= 11 is 0. The lowest BCUT2D eigenvalue weighted by molar-refractivity contribution is -0.0437. The summed E-state index contributed by atoms with van der Waals surface area (Å²) in [7, 11) is -8.67. The maximum Gasteiger partial charge on any atom is 0.516 e. The SMILES string of the molecule is Cc1cc(S(=O)(=O)c2ccccc2)ccc1N(C)S(=O)(=O)C(F)(F)F. The third-order valence-corrected chi connectivity index (χ3v) is 6.79. The second kappa shape index (κ2) is 6.34. The van der Waals surface area contributed by atoms with Crippen molar-refractivity contribution in [3.63, 3.8) is 0 Å². The molecule has 0 aliphatic carbocycles. The van der Waals surface area contributed by atoms with Crippen molar-refractivity contribution in [3.8, 4) is 0 Å². The number of aryl methyl sites for hydroxylation is 1. The fourth-order valence-corrected chi connectivity index (χ4v) is 4.31. The Morgan fingerprint density at radius 3 is 1.92 bits per heavy atom. The van der Waals surface area contributed by atoms with E-state index in [-0.39, 0.29) is 25.3 Å². The quantitative estimate of drug-likeness (QED) is 0.800. The van der Waals surface area contributed by atoms with Gasteiger partial charge in [0.15, 0.2) is 0 Å². The number of sulfonamides is 1. The normalized spacial score (nSPS) is 12.8. The van der Waals surface area contributed by atoms with Gasteiger partial charge in [0.1, 0.15) is 0 Å². The van der Waals surface area contributed by atoms with Gasteiger partial charge in [-0.3, -0.25) is 4.31 Å². The summed E-state index contributed by atoms with van der Waals surface area (Å²) in [6.07, 6.45) is 0. The molecule has 0 aromatic heterocycles. The zero-order valence-corrected chi connectivity index (χ0v) is 14.8. The molecule has 2 rings (SSSR count). The summed E-state index contributed by atoms with van der Waals surface area (Å²) in [5.41, 5.74) is -5.64. The number of benzene rings is 2. The molecule has 25 heavy (non-hydrogen) atoms. The Bertz CT molecular complexity index is 985. The molecule has 2 aromatic rings. The average Bonchev–Trinajstić information content (AvgIpc) is 2.53. The first-order valence-electron chi connectivity index (χ1n) is 6.85. The van der Waals surface area contributed by atoms with Gasteiger partial charge in [-0.25, -0.2) is 8.42 Å². The first-order valence-corrected chi connectivity index (χ1v) is 9.77. The van der Waals surface area contributed by atoms with Crippen LogP contribution in [0.1, 0.15) is 5.56 Å². The Morgan fingerprint density at radius 2 is 1.44 bits per heavy atom. The summed E-state index contributed by atoms with van der Waals surface area (Å²) in [5, 5.41) is 0. The largest absolute Gasteiger partial charge is 0.516 e. The van der Waals surface area contributed by atoms with E-state index in [0.29, 0.717) is 0 Å². The van der Waals surface area contributed by atoms with Crippen LogP contribution in [0.3, 0.4) is 0 Å². The van der Waals surface area contributed by atoms with Crippen molar-refractivity contribution in [2.24, 2.45) is 0 Å². The molecule has 0 aliphatic heterocycles. The number of anilines is 1. The molecule has 136 valence electrons. The molecule has 0 amide bonds. The number of sulfone groups is 1. The van der Waals surface area contributed by atoms with Gasteiger partial charge in [-0.15, -0.1) is 0 Å². The second-order valence-electron chi connectivity index (χ2n) is 5.18. The predicted molar refractivity (Wildman–Crippen MR) is 86.5 cm³/mol. The van der Waals surface area contributed by atoms with Crippen LogP contribution in [-0.4, -0.2) is 29.4 Å². The number of halogens is 3. The molecule has 0 spiro atoms. The molecule has 0 unspecified atom stereocenters. The van der Waals surface area contributed by atoms with Gasteiger partial charge >= 0.3 is 15.5 Å². The van der Waals surface area contributed by atoms with Crippen molar-refractivity contribution < 1.29 is 30.0 Å². The molecule has 0 radical (unpaired) electrons. The number of hydrogen-bond donors (Lipinski definition) is 0. The van der Waals surface area contributed by atoms with Crippen LogP contribution in [0.5, 0.6) is 0 Å². The number of rotatable bonds is 4. The van der Waals surface area contributed by atoms with Crippen LogP contribution >= 0.6 is 0 Å². The van der Waals surface area contributed by atoms with Crippen molar-refractivity contribution in [1.29, 1.82) is 0 Å². The van der Waals surface area contributed by atoms with Crippen molar-refractivity contribution in [2.45, 2.75) is 22.2 Å². The number of hydrogen-bond acceptors (Lipinski definition) is 4. The van der Waals surface area contributed by atoms with Gasteiger partial charge in [0.2, 0.25) is 9.84 Å². The van der Waals surface area contributed by atoms with Gasteiger partial charge in [0.05, 0.1) is 15.5 Å². The van der Waals surface area contributed by atoms with E-state index < -0.39 is 25.4 Å². The minimum Gasteiger partial charge on any atom is -0.266 e. The Morgan fingerprint density at radius 1 is 0.880 bits per heavy atom. The molecule has 0 aliphatic rings. The van der Waals surface area contributed by atoms with Crippen LogP contribution in [0.15, 0.2) is 58.3 Å². The molecule has 0 saturated heterocycles. The summed E-state index contributed by atoms with van der Waals surface area (Å²) in [6, 6.07) is 10.7. The maximum absolute atomic E-state index is 12.7. The first kappa shape index (κ1) is 19.3. The van der Waals surface area contributed by atoms with Crippen molar-refractivity contribution in [1.82, 2.24) is 0 Å². The zero-order chi connectivity index (χ0) is 19.0. The van der Waals surface area contributed by atoms with Crippen LogP contribution in [0.25, 0.3) is 0 Å². The molecule has 5 nitrogen and oxygen atoms in total. The number of alkyl halides is 3. The molecule has 0 saturated carbocycles. The lowest BCUT2D eigenvalue weighted by Crippen LogP contribution is -2.38. The topological polar surface area (TPSA) is 71.5 Å². The van der Waals surface area contributed by atoms with E-state index in [1.54, 1.807) is 6.07 Å².